The Morgan fingerprint density at radius 3 is 1.30 bits per heavy atom. The Hall–Kier alpha value is -2.11. The quantitative estimate of drug-likeness (QED) is 0.0261. The third-order valence-electron chi connectivity index (χ3n) is 14.1. The molecule has 71 heavy (non-hydrogen) atoms. The Labute approximate surface area is 436 Å². The largest absolute Gasteiger partial charge is 0.394 e. The normalized spacial score (nSPS) is 19.7. The van der Waals surface area contributed by atoms with Gasteiger partial charge < -0.3 is 40.3 Å². The maximum atomic E-state index is 13.1. The standard InChI is InChI=1S/C62H113NO8/c1-3-5-7-9-11-13-15-17-19-21-23-25-26-27-28-29-30-32-33-35-37-39-41-43-45-47-49-51-56(65)55(54-70-62-61(69)60(68)59(67)57(53-64)71-62)63-58(66)52-50-48-46-44-42-40-38-36-34-31-24-22-20-18-16-14-12-10-8-6-4-2/h6,8,12,14,18,20,24,31,36,38,55-57,59-62,64-65,67-69H,3-5,7,9-11,13,15-17,19,21-23,25-30,32-35,37,39-54H2,1-2H3,(H,63,66)/b8-6-,14-12-,20-18-,31-24-,38-36-. The Kier molecular flexibility index (Phi) is 48.4. The van der Waals surface area contributed by atoms with Gasteiger partial charge in [-0.15, -0.1) is 0 Å². The molecule has 1 rings (SSSR count). The van der Waals surface area contributed by atoms with E-state index < -0.39 is 49.5 Å². The zero-order valence-corrected chi connectivity index (χ0v) is 46.0. The molecule has 1 heterocycles. The van der Waals surface area contributed by atoms with Crippen LogP contribution in [0.1, 0.15) is 271 Å². The number of nitrogens with one attached hydrogen (secondary N) is 1. The highest BCUT2D eigenvalue weighted by atomic mass is 16.7. The second kappa shape index (κ2) is 51.4. The number of ether oxygens (including phenoxy) is 2. The van der Waals surface area contributed by atoms with Crippen LogP contribution in [0.25, 0.3) is 0 Å². The van der Waals surface area contributed by atoms with Crippen LogP contribution in [-0.4, -0.2) is 87.5 Å². The molecule has 1 aliphatic heterocycles. The predicted octanol–water partition coefficient (Wildman–Crippen LogP) is 15.1. The smallest absolute Gasteiger partial charge is 0.220 e. The van der Waals surface area contributed by atoms with Gasteiger partial charge >= 0.3 is 0 Å². The summed E-state index contributed by atoms with van der Waals surface area (Å²) in [5.74, 6) is -0.162. The molecule has 1 amide bonds. The summed E-state index contributed by atoms with van der Waals surface area (Å²) >= 11 is 0. The van der Waals surface area contributed by atoms with Crippen molar-refractivity contribution in [3.05, 3.63) is 60.8 Å². The monoisotopic (exact) mass is 1000 g/mol. The molecule has 9 heteroatoms. The van der Waals surface area contributed by atoms with Gasteiger partial charge in [0.25, 0.3) is 0 Å². The third-order valence-corrected chi connectivity index (χ3v) is 14.1. The first kappa shape index (κ1) is 66.9. The minimum atomic E-state index is -1.56. The summed E-state index contributed by atoms with van der Waals surface area (Å²) in [6, 6.07) is -0.734. The first-order chi connectivity index (χ1) is 34.8. The van der Waals surface area contributed by atoms with Gasteiger partial charge in [-0.3, -0.25) is 4.79 Å². The average Bonchev–Trinajstić information content (AvgIpc) is 3.37. The summed E-state index contributed by atoms with van der Waals surface area (Å²) in [6.07, 6.45) is 62.5. The van der Waals surface area contributed by atoms with Crippen molar-refractivity contribution in [2.24, 2.45) is 0 Å². The molecule has 1 saturated heterocycles. The van der Waals surface area contributed by atoms with Crippen molar-refractivity contribution in [3.8, 4) is 0 Å². The van der Waals surface area contributed by atoms with Crippen LogP contribution in [0.2, 0.25) is 0 Å². The fourth-order valence-electron chi connectivity index (χ4n) is 9.43. The van der Waals surface area contributed by atoms with E-state index in [0.29, 0.717) is 12.8 Å². The third kappa shape index (κ3) is 40.9. The van der Waals surface area contributed by atoms with Crippen LogP contribution < -0.4 is 5.32 Å². The van der Waals surface area contributed by atoms with Crippen LogP contribution >= 0.6 is 0 Å². The molecule has 1 fully saturated rings. The molecule has 6 N–H and O–H groups in total. The van der Waals surface area contributed by atoms with E-state index in [9.17, 15) is 30.3 Å². The number of unbranched alkanes of at least 4 members (excludes halogenated alkanes) is 31. The van der Waals surface area contributed by atoms with E-state index in [4.69, 9.17) is 9.47 Å². The maximum absolute atomic E-state index is 13.1. The van der Waals surface area contributed by atoms with Gasteiger partial charge in [-0.25, -0.2) is 0 Å². The van der Waals surface area contributed by atoms with Crippen LogP contribution in [-0.2, 0) is 14.3 Å². The van der Waals surface area contributed by atoms with Crippen LogP contribution in [0.5, 0.6) is 0 Å². The molecule has 1 aliphatic rings. The maximum Gasteiger partial charge on any atom is 0.220 e. The number of allylic oxidation sites excluding steroid dienone is 10. The Bertz CT molecular complexity index is 1300. The number of carbonyl (C=O) groups is 1. The van der Waals surface area contributed by atoms with Gasteiger partial charge in [-0.05, 0) is 57.8 Å². The van der Waals surface area contributed by atoms with E-state index in [2.05, 4.69) is 79.9 Å². The van der Waals surface area contributed by atoms with Gasteiger partial charge in [0.15, 0.2) is 6.29 Å². The summed E-state index contributed by atoms with van der Waals surface area (Å²) in [4.78, 5) is 13.1. The molecule has 7 unspecified atom stereocenters. The number of aliphatic hydroxyl groups excluding tert-OH is 5. The van der Waals surface area contributed by atoms with Crippen molar-refractivity contribution in [2.45, 2.75) is 314 Å². The van der Waals surface area contributed by atoms with Crippen molar-refractivity contribution >= 4 is 5.91 Å². The molecule has 0 radical (unpaired) electrons. The lowest BCUT2D eigenvalue weighted by Gasteiger charge is -2.40. The van der Waals surface area contributed by atoms with Gasteiger partial charge in [-0.1, -0.05) is 267 Å². The highest BCUT2D eigenvalue weighted by Gasteiger charge is 2.44. The molecule has 0 aromatic carbocycles. The number of hydrogen-bond donors (Lipinski definition) is 6. The SMILES string of the molecule is CC/C=C\C/C=C\C/C=C\C/C=C\C/C=C\CCCCCCCC(=O)NC(COC1OC(CO)C(O)C(O)C1O)C(O)CCCCCCCCCCCCCCCCCCCCCCCCCCCCC. The minimum absolute atomic E-state index is 0.148. The van der Waals surface area contributed by atoms with E-state index in [0.717, 1.165) is 89.9 Å². The molecule has 414 valence electrons. The topological polar surface area (TPSA) is 149 Å². The second-order valence-corrected chi connectivity index (χ2v) is 20.8. The summed E-state index contributed by atoms with van der Waals surface area (Å²) in [5.41, 5.74) is 0. The highest BCUT2D eigenvalue weighted by molar-refractivity contribution is 5.76. The lowest BCUT2D eigenvalue weighted by Crippen LogP contribution is -2.60. The molecule has 0 aromatic rings. The van der Waals surface area contributed by atoms with Gasteiger partial charge in [0.2, 0.25) is 5.91 Å². The summed E-state index contributed by atoms with van der Waals surface area (Å²) in [7, 11) is 0. The molecule has 0 spiro atoms. The van der Waals surface area contributed by atoms with Crippen LogP contribution in [0.3, 0.4) is 0 Å². The Morgan fingerprint density at radius 1 is 0.493 bits per heavy atom. The summed E-state index contributed by atoms with van der Waals surface area (Å²) < 4.78 is 11.3. The lowest BCUT2D eigenvalue weighted by atomic mass is 9.99. The lowest BCUT2D eigenvalue weighted by molar-refractivity contribution is -0.302. The zero-order valence-electron chi connectivity index (χ0n) is 46.0. The fraction of sp³-hybridized carbons (Fsp3) is 0.823. The van der Waals surface area contributed by atoms with E-state index in [1.807, 2.05) is 0 Å². The molecule has 7 atom stereocenters. The number of rotatable bonds is 51. The van der Waals surface area contributed by atoms with Gasteiger partial charge in [0, 0.05) is 6.42 Å². The first-order valence-electron chi connectivity index (χ1n) is 30.0. The zero-order chi connectivity index (χ0) is 51.5. The average molecular weight is 1000 g/mol. The van der Waals surface area contributed by atoms with Gasteiger partial charge in [0.1, 0.15) is 24.4 Å². The van der Waals surface area contributed by atoms with Crippen molar-refractivity contribution in [3.63, 3.8) is 0 Å². The molecule has 0 aliphatic carbocycles. The molecule has 0 bridgehead atoms. The number of hydrogen-bond acceptors (Lipinski definition) is 8. The molecule has 0 aromatic heterocycles. The van der Waals surface area contributed by atoms with E-state index in [1.54, 1.807) is 0 Å². The van der Waals surface area contributed by atoms with E-state index in [1.165, 1.54) is 154 Å². The van der Waals surface area contributed by atoms with E-state index >= 15 is 0 Å². The highest BCUT2D eigenvalue weighted by Crippen LogP contribution is 2.23. The predicted molar refractivity (Wildman–Crippen MR) is 299 cm³/mol. The molecule has 0 saturated carbocycles. The Morgan fingerprint density at radius 2 is 0.873 bits per heavy atom. The van der Waals surface area contributed by atoms with Crippen molar-refractivity contribution < 1.29 is 39.8 Å². The summed E-state index contributed by atoms with van der Waals surface area (Å²) in [6.45, 7) is 3.74. The van der Waals surface area contributed by atoms with Gasteiger partial charge in [-0.2, -0.15) is 0 Å². The number of amides is 1. The van der Waals surface area contributed by atoms with Crippen LogP contribution in [0.4, 0.5) is 0 Å². The first-order valence-corrected chi connectivity index (χ1v) is 30.0. The van der Waals surface area contributed by atoms with Crippen LogP contribution in [0, 0.1) is 0 Å². The number of aliphatic hydroxyl groups is 5. The molecule has 9 nitrogen and oxygen atoms in total. The summed E-state index contributed by atoms with van der Waals surface area (Å²) in [5, 5.41) is 54.7. The van der Waals surface area contributed by atoms with Crippen LogP contribution in [0.15, 0.2) is 60.8 Å². The molecular weight excluding hydrogens is 887 g/mol. The second-order valence-electron chi connectivity index (χ2n) is 20.8. The van der Waals surface area contributed by atoms with E-state index in [-0.39, 0.29) is 12.5 Å². The Balaban J connectivity index is 2.20. The van der Waals surface area contributed by atoms with Crippen molar-refractivity contribution in [1.82, 2.24) is 5.32 Å². The fourth-order valence-corrected chi connectivity index (χ4v) is 9.43. The number of carbonyl (C=O) groups excluding carboxylic acids is 1. The van der Waals surface area contributed by atoms with Crippen molar-refractivity contribution in [1.29, 1.82) is 0 Å². The van der Waals surface area contributed by atoms with Crippen molar-refractivity contribution in [2.75, 3.05) is 13.2 Å². The molecular formula is C62H113NO8. The van der Waals surface area contributed by atoms with Gasteiger partial charge in [0.05, 0.1) is 25.4 Å². The minimum Gasteiger partial charge on any atom is -0.394 e.